The Morgan fingerprint density at radius 3 is 2.78 bits per heavy atom. The fourth-order valence-corrected chi connectivity index (χ4v) is 4.12. The van der Waals surface area contributed by atoms with Crippen molar-refractivity contribution in [3.05, 3.63) is 29.2 Å². The number of hydrogen-bond donors (Lipinski definition) is 1. The number of carbonyl (C=O) groups is 1. The number of thiazole rings is 1. The van der Waals surface area contributed by atoms with Crippen molar-refractivity contribution in [2.75, 3.05) is 31.9 Å². The van der Waals surface area contributed by atoms with Crippen LogP contribution in [0.1, 0.15) is 24.4 Å². The van der Waals surface area contributed by atoms with Crippen molar-refractivity contribution in [3.63, 3.8) is 0 Å². The van der Waals surface area contributed by atoms with Gasteiger partial charge in [-0.15, -0.1) is 11.3 Å². The zero-order chi connectivity index (χ0) is 18.8. The van der Waals surface area contributed by atoms with E-state index in [-0.39, 0.29) is 5.91 Å². The van der Waals surface area contributed by atoms with Gasteiger partial charge in [-0.3, -0.25) is 9.69 Å². The maximum absolute atomic E-state index is 12.6. The van der Waals surface area contributed by atoms with Gasteiger partial charge >= 0.3 is 0 Å². The second-order valence-corrected chi connectivity index (χ2v) is 7.51. The Bertz CT molecular complexity index is 916. The van der Waals surface area contributed by atoms with Crippen LogP contribution in [0.5, 0.6) is 0 Å². The average Bonchev–Trinajstić information content (AvgIpc) is 3.36. The van der Waals surface area contributed by atoms with Gasteiger partial charge in [-0.2, -0.15) is 0 Å². The number of imidazole rings is 1. The highest BCUT2D eigenvalue weighted by Gasteiger charge is 2.25. The maximum Gasteiger partial charge on any atom is 0.224 e. The van der Waals surface area contributed by atoms with Crippen molar-refractivity contribution >= 4 is 34.2 Å². The minimum Gasteiger partial charge on any atom is -0.382 e. The summed E-state index contributed by atoms with van der Waals surface area (Å²) >= 11 is 1.68. The van der Waals surface area contributed by atoms with Crippen molar-refractivity contribution in [2.45, 2.75) is 25.9 Å². The molecule has 0 radical (unpaired) electrons. The van der Waals surface area contributed by atoms with Crippen molar-refractivity contribution in [2.24, 2.45) is 0 Å². The van der Waals surface area contributed by atoms with Crippen molar-refractivity contribution in [3.8, 4) is 0 Å². The van der Waals surface area contributed by atoms with E-state index in [1.54, 1.807) is 17.7 Å². The quantitative estimate of drug-likeness (QED) is 0.701. The van der Waals surface area contributed by atoms with Crippen LogP contribution in [0, 0.1) is 0 Å². The van der Waals surface area contributed by atoms with Crippen LogP contribution in [0.3, 0.4) is 0 Å². The third-order valence-electron chi connectivity index (χ3n) is 5.02. The molecule has 4 rings (SSSR count). The Kier molecular flexibility index (Phi) is 4.99. The predicted molar refractivity (Wildman–Crippen MR) is 103 cm³/mol. The Morgan fingerprint density at radius 1 is 1.22 bits per heavy atom. The Hall–Kier alpha value is -2.59. The second-order valence-electron chi connectivity index (χ2n) is 6.58. The number of nitrogen functional groups attached to an aromatic ring is 1. The normalized spacial score (nSPS) is 16.7. The van der Waals surface area contributed by atoms with Crippen molar-refractivity contribution in [1.82, 2.24) is 34.3 Å². The number of anilines is 1. The SMILES string of the molecule is CC(c1nccs1)N1CCN(C(=O)CCn2cnc3c(N)ncnc32)CC1. The van der Waals surface area contributed by atoms with Crippen LogP contribution in [0.2, 0.25) is 0 Å². The predicted octanol–water partition coefficient (Wildman–Crippen LogP) is 1.16. The average molecular weight is 386 g/mol. The number of fused-ring (bicyclic) bond motifs is 1. The number of amides is 1. The van der Waals surface area contributed by atoms with Crippen LogP contribution in [-0.2, 0) is 11.3 Å². The lowest BCUT2D eigenvalue weighted by molar-refractivity contribution is -0.133. The number of hydrogen-bond acceptors (Lipinski definition) is 8. The van der Waals surface area contributed by atoms with Crippen LogP contribution in [0.4, 0.5) is 5.82 Å². The van der Waals surface area contributed by atoms with Gasteiger partial charge in [0.25, 0.3) is 0 Å². The standard InChI is InChI=1S/C17H22N8OS/c1-12(17-19-3-9-27-17)23-5-7-24(8-6-23)13(26)2-4-25-11-22-14-15(18)20-10-21-16(14)25/h3,9-12H,2,4-8H2,1H3,(H2,18,20,21). The van der Waals surface area contributed by atoms with E-state index in [1.807, 2.05) is 21.0 Å². The summed E-state index contributed by atoms with van der Waals surface area (Å²) in [4.78, 5) is 33.7. The van der Waals surface area contributed by atoms with Gasteiger partial charge in [0.2, 0.25) is 5.91 Å². The molecule has 0 saturated carbocycles. The van der Waals surface area contributed by atoms with E-state index in [4.69, 9.17) is 5.73 Å². The van der Waals surface area contributed by atoms with Crippen molar-refractivity contribution < 1.29 is 4.79 Å². The van der Waals surface area contributed by atoms with Gasteiger partial charge in [0, 0.05) is 50.7 Å². The molecule has 0 aliphatic carbocycles. The fourth-order valence-electron chi connectivity index (χ4n) is 3.39. The molecule has 27 heavy (non-hydrogen) atoms. The number of carbonyl (C=O) groups excluding carboxylic acids is 1. The molecule has 1 unspecified atom stereocenters. The first-order valence-electron chi connectivity index (χ1n) is 8.96. The van der Waals surface area contributed by atoms with E-state index in [1.165, 1.54) is 6.33 Å². The van der Waals surface area contributed by atoms with E-state index in [9.17, 15) is 4.79 Å². The highest BCUT2D eigenvalue weighted by atomic mass is 32.1. The number of aryl methyl sites for hydroxylation is 1. The van der Waals surface area contributed by atoms with Gasteiger partial charge in [0.1, 0.15) is 16.9 Å². The largest absolute Gasteiger partial charge is 0.382 e. The highest BCUT2D eigenvalue weighted by molar-refractivity contribution is 7.09. The molecule has 0 aromatic carbocycles. The molecule has 1 aliphatic heterocycles. The van der Waals surface area contributed by atoms with Crippen LogP contribution < -0.4 is 5.73 Å². The Balaban J connectivity index is 1.31. The lowest BCUT2D eigenvalue weighted by atomic mass is 10.2. The smallest absolute Gasteiger partial charge is 0.224 e. The molecule has 0 bridgehead atoms. The molecule has 10 heteroatoms. The molecule has 1 aliphatic rings. The van der Waals surface area contributed by atoms with Crippen LogP contribution in [0.15, 0.2) is 24.2 Å². The van der Waals surface area contributed by atoms with Gasteiger partial charge in [-0.1, -0.05) is 0 Å². The van der Waals surface area contributed by atoms with E-state index in [0.717, 1.165) is 31.2 Å². The molecular weight excluding hydrogens is 364 g/mol. The summed E-state index contributed by atoms with van der Waals surface area (Å²) in [5.41, 5.74) is 7.05. The summed E-state index contributed by atoms with van der Waals surface area (Å²) in [6, 6.07) is 0.296. The summed E-state index contributed by atoms with van der Waals surface area (Å²) in [6.45, 7) is 5.92. The maximum atomic E-state index is 12.6. The van der Waals surface area contributed by atoms with E-state index < -0.39 is 0 Å². The topological polar surface area (TPSA) is 106 Å². The first kappa shape index (κ1) is 17.8. The molecular formula is C17H22N8OS. The monoisotopic (exact) mass is 386 g/mol. The number of piperazine rings is 1. The minimum absolute atomic E-state index is 0.153. The van der Waals surface area contributed by atoms with Crippen LogP contribution in [-0.4, -0.2) is 66.4 Å². The summed E-state index contributed by atoms with van der Waals surface area (Å²) in [5.74, 6) is 0.510. The summed E-state index contributed by atoms with van der Waals surface area (Å²) in [6.07, 6.45) is 5.34. The Labute approximate surface area is 160 Å². The number of aromatic nitrogens is 5. The number of nitrogens with two attached hydrogens (primary N) is 1. The molecule has 4 heterocycles. The zero-order valence-electron chi connectivity index (χ0n) is 15.2. The molecule has 1 fully saturated rings. The van der Waals surface area contributed by atoms with Crippen LogP contribution in [0.25, 0.3) is 11.2 Å². The molecule has 1 amide bonds. The summed E-state index contributed by atoms with van der Waals surface area (Å²) < 4.78 is 1.85. The van der Waals surface area contributed by atoms with Gasteiger partial charge < -0.3 is 15.2 Å². The third-order valence-corrected chi connectivity index (χ3v) is 5.97. The molecule has 1 saturated heterocycles. The van der Waals surface area contributed by atoms with Gasteiger partial charge in [-0.25, -0.2) is 19.9 Å². The number of rotatable bonds is 5. The third kappa shape index (κ3) is 3.62. The van der Waals surface area contributed by atoms with E-state index in [0.29, 0.717) is 36.0 Å². The van der Waals surface area contributed by atoms with E-state index in [2.05, 4.69) is 31.8 Å². The van der Waals surface area contributed by atoms with E-state index >= 15 is 0 Å². The zero-order valence-corrected chi connectivity index (χ0v) is 16.0. The second kappa shape index (κ2) is 7.57. The highest BCUT2D eigenvalue weighted by Crippen LogP contribution is 2.23. The molecule has 3 aromatic rings. The molecule has 1 atom stereocenters. The van der Waals surface area contributed by atoms with Gasteiger partial charge in [0.05, 0.1) is 12.4 Å². The lowest BCUT2D eigenvalue weighted by Crippen LogP contribution is -2.49. The molecule has 3 aromatic heterocycles. The van der Waals surface area contributed by atoms with Crippen molar-refractivity contribution in [1.29, 1.82) is 0 Å². The summed E-state index contributed by atoms with van der Waals surface area (Å²) in [5, 5.41) is 3.13. The first-order chi connectivity index (χ1) is 13.1. The first-order valence-corrected chi connectivity index (χ1v) is 9.84. The molecule has 142 valence electrons. The molecule has 2 N–H and O–H groups in total. The number of nitrogens with zero attached hydrogens (tertiary/aromatic N) is 7. The van der Waals surface area contributed by atoms with Gasteiger partial charge in [-0.05, 0) is 6.92 Å². The Morgan fingerprint density at radius 2 is 2.04 bits per heavy atom. The fraction of sp³-hybridized carbons (Fsp3) is 0.471. The lowest BCUT2D eigenvalue weighted by Gasteiger charge is -2.37. The molecule has 0 spiro atoms. The summed E-state index contributed by atoms with van der Waals surface area (Å²) in [7, 11) is 0. The molecule has 9 nitrogen and oxygen atoms in total. The van der Waals surface area contributed by atoms with Crippen LogP contribution >= 0.6 is 11.3 Å². The minimum atomic E-state index is 0.153. The van der Waals surface area contributed by atoms with Gasteiger partial charge in [0.15, 0.2) is 11.5 Å².